The summed E-state index contributed by atoms with van der Waals surface area (Å²) in [5.74, 6) is 0.101. The van der Waals surface area contributed by atoms with Gasteiger partial charge >= 0.3 is 0 Å². The molecule has 0 amide bonds. The minimum Gasteiger partial charge on any atom is -0.293 e. The average Bonchev–Trinajstić information content (AvgIpc) is 2.99. The van der Waals surface area contributed by atoms with Crippen LogP contribution in [0, 0.1) is 0 Å². The molecule has 0 aliphatic heterocycles. The summed E-state index contributed by atoms with van der Waals surface area (Å²) in [7, 11) is 0. The zero-order valence-electron chi connectivity index (χ0n) is 10.4. The summed E-state index contributed by atoms with van der Waals surface area (Å²) in [5, 5.41) is 6.97. The number of Topliss-reactive ketones (excluding diaryl/α,β-unsaturated/α-hetero) is 1. The number of hydrogen-bond donors (Lipinski definition) is 0. The van der Waals surface area contributed by atoms with Crippen LogP contribution in [0.1, 0.15) is 34.9 Å². The first kappa shape index (κ1) is 13.3. The molecule has 0 aliphatic carbocycles. The van der Waals surface area contributed by atoms with Gasteiger partial charge in [-0.1, -0.05) is 24.6 Å². The smallest absolute Gasteiger partial charge is 0.178 e. The summed E-state index contributed by atoms with van der Waals surface area (Å²) in [5.41, 5.74) is 1.70. The number of nitrogens with zero attached hydrogens (tertiary/aromatic N) is 2. The Balaban J connectivity index is 2.28. The molecule has 0 unspecified atom stereocenters. The van der Waals surface area contributed by atoms with Gasteiger partial charge in [-0.2, -0.15) is 5.10 Å². The maximum absolute atomic E-state index is 12.1. The molecule has 0 bridgehead atoms. The van der Waals surface area contributed by atoms with Gasteiger partial charge in [0.15, 0.2) is 5.78 Å². The number of hydrogen-bond acceptors (Lipinski definition) is 3. The van der Waals surface area contributed by atoms with Gasteiger partial charge in [-0.3, -0.25) is 9.48 Å². The average molecular weight is 283 g/mol. The first-order chi connectivity index (χ1) is 8.67. The Morgan fingerprint density at radius 1 is 1.50 bits per heavy atom. The lowest BCUT2D eigenvalue weighted by atomic mass is 10.1. The molecule has 2 rings (SSSR count). The highest BCUT2D eigenvalue weighted by atomic mass is 35.5. The molecule has 0 N–H and O–H groups in total. The Labute approximate surface area is 115 Å². The summed E-state index contributed by atoms with van der Waals surface area (Å²) in [4.78, 5) is 12.9. The molecule has 0 fully saturated rings. The van der Waals surface area contributed by atoms with E-state index >= 15 is 0 Å². The van der Waals surface area contributed by atoms with Crippen LogP contribution >= 0.6 is 22.9 Å². The maximum Gasteiger partial charge on any atom is 0.178 e. The van der Waals surface area contributed by atoms with E-state index in [0.29, 0.717) is 11.4 Å². The van der Waals surface area contributed by atoms with Crippen LogP contribution in [0.3, 0.4) is 0 Å². The van der Waals surface area contributed by atoms with E-state index in [4.69, 9.17) is 11.6 Å². The highest BCUT2D eigenvalue weighted by Gasteiger charge is 2.18. The maximum atomic E-state index is 12.1. The zero-order chi connectivity index (χ0) is 13.1. The van der Waals surface area contributed by atoms with E-state index in [9.17, 15) is 4.79 Å². The van der Waals surface area contributed by atoms with Crippen LogP contribution in [0.2, 0.25) is 5.02 Å². The molecular weight excluding hydrogens is 268 g/mol. The number of ketones is 1. The molecule has 0 aromatic carbocycles. The summed E-state index contributed by atoms with van der Waals surface area (Å²) in [6, 6.07) is 3.72. The first-order valence-corrected chi connectivity index (χ1v) is 7.23. The number of carbonyl (C=O) groups excluding carboxylic acids is 1. The van der Waals surface area contributed by atoms with E-state index in [1.54, 1.807) is 0 Å². The lowest BCUT2D eigenvalue weighted by molar-refractivity contribution is 0.0994. The second-order valence-corrected chi connectivity index (χ2v) is 5.28. The van der Waals surface area contributed by atoms with Crippen molar-refractivity contribution >= 4 is 28.7 Å². The van der Waals surface area contributed by atoms with E-state index in [1.807, 2.05) is 36.0 Å². The van der Waals surface area contributed by atoms with Crippen LogP contribution in [-0.2, 0) is 19.4 Å². The van der Waals surface area contributed by atoms with Gasteiger partial charge in [-0.15, -0.1) is 11.3 Å². The number of aromatic nitrogens is 2. The summed E-state index contributed by atoms with van der Waals surface area (Å²) < 4.78 is 1.83. The predicted molar refractivity (Wildman–Crippen MR) is 74.6 cm³/mol. The number of carbonyl (C=O) groups is 1. The molecule has 0 saturated carbocycles. The molecule has 5 heteroatoms. The van der Waals surface area contributed by atoms with Crippen LogP contribution in [0.4, 0.5) is 0 Å². The van der Waals surface area contributed by atoms with Crippen molar-refractivity contribution in [2.24, 2.45) is 0 Å². The molecule has 0 aliphatic rings. The van der Waals surface area contributed by atoms with Crippen LogP contribution in [0.15, 0.2) is 17.5 Å². The quantitative estimate of drug-likeness (QED) is 0.785. The largest absolute Gasteiger partial charge is 0.293 e. The SMILES string of the molecule is CCc1nn(CC)c(CC(=O)c2cccs2)c1Cl. The molecule has 96 valence electrons. The second kappa shape index (κ2) is 5.67. The zero-order valence-corrected chi connectivity index (χ0v) is 12.0. The van der Waals surface area contributed by atoms with Gasteiger partial charge < -0.3 is 0 Å². The molecule has 0 spiro atoms. The molecule has 0 atom stereocenters. The van der Waals surface area contributed by atoms with E-state index in [1.165, 1.54) is 11.3 Å². The second-order valence-electron chi connectivity index (χ2n) is 3.95. The third kappa shape index (κ3) is 2.49. The van der Waals surface area contributed by atoms with Crippen molar-refractivity contribution in [1.82, 2.24) is 9.78 Å². The van der Waals surface area contributed by atoms with Crippen molar-refractivity contribution in [2.45, 2.75) is 33.2 Å². The van der Waals surface area contributed by atoms with E-state index < -0.39 is 0 Å². The Kier molecular flexibility index (Phi) is 4.19. The fraction of sp³-hybridized carbons (Fsp3) is 0.385. The number of thiophene rings is 1. The molecule has 18 heavy (non-hydrogen) atoms. The van der Waals surface area contributed by atoms with Crippen LogP contribution in [-0.4, -0.2) is 15.6 Å². The topological polar surface area (TPSA) is 34.9 Å². The third-order valence-corrected chi connectivity index (χ3v) is 4.17. The molecule has 0 saturated heterocycles. The molecule has 2 aromatic rings. The van der Waals surface area contributed by atoms with E-state index in [-0.39, 0.29) is 5.78 Å². The van der Waals surface area contributed by atoms with Crippen molar-refractivity contribution in [3.05, 3.63) is 38.8 Å². The Bertz CT molecular complexity index is 546. The molecular formula is C13H15ClN2OS. The third-order valence-electron chi connectivity index (χ3n) is 2.82. The lowest BCUT2D eigenvalue weighted by Gasteiger charge is -2.03. The van der Waals surface area contributed by atoms with Crippen molar-refractivity contribution in [2.75, 3.05) is 0 Å². The molecule has 2 heterocycles. The fourth-order valence-electron chi connectivity index (χ4n) is 1.86. The van der Waals surface area contributed by atoms with Crippen molar-refractivity contribution in [3.63, 3.8) is 0 Å². The first-order valence-electron chi connectivity index (χ1n) is 5.98. The predicted octanol–water partition coefficient (Wildman–Crippen LogP) is 3.61. The van der Waals surface area contributed by atoms with E-state index in [0.717, 1.165) is 29.2 Å². The Hall–Kier alpha value is -1.13. The highest BCUT2D eigenvalue weighted by Crippen LogP contribution is 2.23. The molecule has 2 aromatic heterocycles. The minimum atomic E-state index is 0.101. The normalized spacial score (nSPS) is 10.8. The monoisotopic (exact) mass is 282 g/mol. The van der Waals surface area contributed by atoms with Gasteiger partial charge in [-0.05, 0) is 24.8 Å². The van der Waals surface area contributed by atoms with Crippen molar-refractivity contribution in [3.8, 4) is 0 Å². The van der Waals surface area contributed by atoms with Crippen molar-refractivity contribution in [1.29, 1.82) is 0 Å². The summed E-state index contributed by atoms with van der Waals surface area (Å²) in [6.45, 7) is 4.74. The van der Waals surface area contributed by atoms with Gasteiger partial charge in [0.05, 0.1) is 27.7 Å². The van der Waals surface area contributed by atoms with Crippen LogP contribution in [0.5, 0.6) is 0 Å². The summed E-state index contributed by atoms with van der Waals surface area (Å²) >= 11 is 7.74. The van der Waals surface area contributed by atoms with Crippen LogP contribution in [0.25, 0.3) is 0 Å². The van der Waals surface area contributed by atoms with E-state index in [2.05, 4.69) is 5.10 Å². The van der Waals surface area contributed by atoms with Gasteiger partial charge in [0.2, 0.25) is 0 Å². The number of rotatable bonds is 5. The minimum absolute atomic E-state index is 0.101. The highest BCUT2D eigenvalue weighted by molar-refractivity contribution is 7.12. The van der Waals surface area contributed by atoms with Gasteiger partial charge in [0.1, 0.15) is 0 Å². The summed E-state index contributed by atoms with van der Waals surface area (Å²) in [6.07, 6.45) is 1.10. The van der Waals surface area contributed by atoms with Crippen molar-refractivity contribution < 1.29 is 4.79 Å². The van der Waals surface area contributed by atoms with Gasteiger partial charge in [0.25, 0.3) is 0 Å². The molecule has 0 radical (unpaired) electrons. The van der Waals surface area contributed by atoms with Gasteiger partial charge in [-0.25, -0.2) is 0 Å². The molecule has 3 nitrogen and oxygen atoms in total. The number of aryl methyl sites for hydroxylation is 2. The van der Waals surface area contributed by atoms with Gasteiger partial charge in [0, 0.05) is 6.54 Å². The fourth-order valence-corrected chi connectivity index (χ4v) is 2.86. The lowest BCUT2D eigenvalue weighted by Crippen LogP contribution is -2.09. The Morgan fingerprint density at radius 2 is 2.28 bits per heavy atom. The Morgan fingerprint density at radius 3 is 2.83 bits per heavy atom. The standard InChI is InChI=1S/C13H15ClN2OS/c1-3-9-13(14)10(16(4-2)15-9)8-11(17)12-6-5-7-18-12/h5-7H,3-4,8H2,1-2H3. The van der Waals surface area contributed by atoms with Crippen LogP contribution < -0.4 is 0 Å². The number of halogens is 1.